The number of fused-ring (bicyclic) bond motifs is 2. The Kier molecular flexibility index (Phi) is 3.95. The van der Waals surface area contributed by atoms with Gasteiger partial charge in [0.05, 0.1) is 18.5 Å². The highest BCUT2D eigenvalue weighted by Gasteiger charge is 2.31. The van der Waals surface area contributed by atoms with E-state index >= 15 is 0 Å². The molecule has 120 valence electrons. The molecule has 2 heterocycles. The number of hydrogen-bond acceptors (Lipinski definition) is 4. The summed E-state index contributed by atoms with van der Waals surface area (Å²) in [6.45, 7) is 2.32. The summed E-state index contributed by atoms with van der Waals surface area (Å²) in [7, 11) is 3.96. The van der Waals surface area contributed by atoms with Crippen LogP contribution in [0.4, 0.5) is 11.4 Å². The Hall–Kier alpha value is -1.65. The molecule has 0 aromatic heterocycles. The molecule has 2 aliphatic heterocycles. The molecule has 2 aliphatic rings. The predicted octanol–water partition coefficient (Wildman–Crippen LogP) is 4.39. The first-order chi connectivity index (χ1) is 11.3. The number of para-hydroxylation sites is 1. The zero-order chi connectivity index (χ0) is 15.8. The van der Waals surface area contributed by atoms with Crippen molar-refractivity contribution < 1.29 is 4.74 Å². The van der Waals surface area contributed by atoms with E-state index in [1.807, 2.05) is 11.8 Å². The molecule has 0 aliphatic carbocycles. The summed E-state index contributed by atoms with van der Waals surface area (Å²) < 4.78 is 5.43. The van der Waals surface area contributed by atoms with Crippen molar-refractivity contribution in [3.63, 3.8) is 0 Å². The van der Waals surface area contributed by atoms with Crippen LogP contribution in [0.2, 0.25) is 0 Å². The normalized spacial score (nSPS) is 20.8. The van der Waals surface area contributed by atoms with Gasteiger partial charge in [0.15, 0.2) is 0 Å². The van der Waals surface area contributed by atoms with Gasteiger partial charge in [-0.25, -0.2) is 0 Å². The fourth-order valence-corrected chi connectivity index (χ4v) is 4.74. The first-order valence-electron chi connectivity index (χ1n) is 8.19. The summed E-state index contributed by atoms with van der Waals surface area (Å²) in [5, 5.41) is 0. The molecule has 0 spiro atoms. The number of nitrogens with zero attached hydrogens (tertiary/aromatic N) is 2. The van der Waals surface area contributed by atoms with Crippen LogP contribution in [-0.4, -0.2) is 38.2 Å². The minimum atomic E-state index is 0.531. The summed E-state index contributed by atoms with van der Waals surface area (Å²) in [4.78, 5) is 7.62. The summed E-state index contributed by atoms with van der Waals surface area (Å²) in [5.41, 5.74) is 2.66. The van der Waals surface area contributed by atoms with Gasteiger partial charge in [0.25, 0.3) is 0 Å². The molecular weight excluding hydrogens is 304 g/mol. The highest BCUT2D eigenvalue weighted by atomic mass is 32.2. The van der Waals surface area contributed by atoms with E-state index in [4.69, 9.17) is 4.74 Å². The molecule has 4 rings (SSSR count). The second-order valence-corrected chi connectivity index (χ2v) is 7.42. The van der Waals surface area contributed by atoms with E-state index in [0.717, 1.165) is 12.3 Å². The number of anilines is 2. The number of likely N-dealkylation sites (tertiary alicyclic amines) is 1. The van der Waals surface area contributed by atoms with Crippen molar-refractivity contribution in [2.45, 2.75) is 28.7 Å². The van der Waals surface area contributed by atoms with Gasteiger partial charge in [-0.15, -0.1) is 0 Å². The fraction of sp³-hybridized carbons (Fsp3) is 0.368. The maximum atomic E-state index is 5.43. The third kappa shape index (κ3) is 2.70. The molecule has 0 bridgehead atoms. The molecule has 2 aromatic rings. The maximum Gasteiger partial charge on any atom is 0.120 e. The van der Waals surface area contributed by atoms with Crippen molar-refractivity contribution >= 4 is 23.1 Å². The third-order valence-electron chi connectivity index (χ3n) is 4.74. The van der Waals surface area contributed by atoms with Gasteiger partial charge in [0, 0.05) is 22.4 Å². The largest absolute Gasteiger partial charge is 0.497 e. The quantitative estimate of drug-likeness (QED) is 0.813. The Morgan fingerprint density at radius 1 is 1.09 bits per heavy atom. The van der Waals surface area contributed by atoms with E-state index in [1.165, 1.54) is 40.6 Å². The van der Waals surface area contributed by atoms with E-state index in [9.17, 15) is 0 Å². The van der Waals surface area contributed by atoms with Gasteiger partial charge in [-0.3, -0.25) is 0 Å². The second kappa shape index (κ2) is 6.10. The van der Waals surface area contributed by atoms with Crippen LogP contribution < -0.4 is 9.64 Å². The Labute approximate surface area is 142 Å². The molecule has 3 nitrogen and oxygen atoms in total. The SMILES string of the molecule is COc1ccc2c(c1)Sc1ccccc1N2C1CCCN(C)C1. The van der Waals surface area contributed by atoms with Crippen LogP contribution in [0.1, 0.15) is 12.8 Å². The van der Waals surface area contributed by atoms with Gasteiger partial charge in [-0.2, -0.15) is 0 Å². The monoisotopic (exact) mass is 326 g/mol. The zero-order valence-electron chi connectivity index (χ0n) is 13.7. The van der Waals surface area contributed by atoms with E-state index in [2.05, 4.69) is 59.3 Å². The summed E-state index contributed by atoms with van der Waals surface area (Å²) in [6, 6.07) is 15.7. The molecule has 4 heteroatoms. The Bertz CT molecular complexity index is 718. The lowest BCUT2D eigenvalue weighted by atomic mass is 10.0. The van der Waals surface area contributed by atoms with Gasteiger partial charge in [-0.05, 0) is 56.8 Å². The van der Waals surface area contributed by atoms with Crippen molar-refractivity contribution in [2.24, 2.45) is 0 Å². The number of likely N-dealkylation sites (N-methyl/N-ethyl adjacent to an activating group) is 1. The van der Waals surface area contributed by atoms with Gasteiger partial charge in [0.2, 0.25) is 0 Å². The van der Waals surface area contributed by atoms with Crippen LogP contribution >= 0.6 is 11.8 Å². The smallest absolute Gasteiger partial charge is 0.120 e. The molecule has 1 saturated heterocycles. The molecule has 1 fully saturated rings. The maximum absolute atomic E-state index is 5.43. The Morgan fingerprint density at radius 3 is 2.74 bits per heavy atom. The average molecular weight is 326 g/mol. The number of piperidine rings is 1. The van der Waals surface area contributed by atoms with E-state index in [-0.39, 0.29) is 0 Å². The van der Waals surface area contributed by atoms with Gasteiger partial charge in [0.1, 0.15) is 5.75 Å². The highest BCUT2D eigenvalue weighted by molar-refractivity contribution is 7.99. The summed E-state index contributed by atoms with van der Waals surface area (Å²) in [6.07, 6.45) is 2.51. The van der Waals surface area contributed by atoms with E-state index < -0.39 is 0 Å². The third-order valence-corrected chi connectivity index (χ3v) is 5.85. The fourth-order valence-electron chi connectivity index (χ4n) is 3.64. The molecule has 0 saturated carbocycles. The minimum Gasteiger partial charge on any atom is -0.497 e. The summed E-state index contributed by atoms with van der Waals surface area (Å²) >= 11 is 1.85. The topological polar surface area (TPSA) is 15.7 Å². The number of methoxy groups -OCH3 is 1. The van der Waals surface area contributed by atoms with Gasteiger partial charge in [-0.1, -0.05) is 23.9 Å². The Morgan fingerprint density at radius 2 is 1.91 bits per heavy atom. The lowest BCUT2D eigenvalue weighted by Crippen LogP contribution is -2.45. The van der Waals surface area contributed by atoms with Crippen LogP contribution in [0, 0.1) is 0 Å². The molecular formula is C19H22N2OS. The lowest BCUT2D eigenvalue weighted by Gasteiger charge is -2.42. The number of ether oxygens (including phenoxy) is 1. The standard InChI is InChI=1S/C19H22N2OS/c1-20-11-5-6-14(13-20)21-16-7-3-4-8-18(16)23-19-12-15(22-2)9-10-17(19)21/h3-4,7-10,12,14H,5-6,11,13H2,1-2H3. The predicted molar refractivity (Wildman–Crippen MR) is 96.2 cm³/mol. The molecule has 1 atom stereocenters. The van der Waals surface area contributed by atoms with E-state index in [1.54, 1.807) is 7.11 Å². The zero-order valence-corrected chi connectivity index (χ0v) is 14.5. The van der Waals surface area contributed by atoms with Crippen molar-refractivity contribution in [1.82, 2.24) is 4.90 Å². The first-order valence-corrected chi connectivity index (χ1v) is 9.00. The first kappa shape index (κ1) is 14.9. The number of rotatable bonds is 2. The average Bonchev–Trinajstić information content (AvgIpc) is 2.59. The molecule has 0 N–H and O–H groups in total. The lowest BCUT2D eigenvalue weighted by molar-refractivity contribution is 0.250. The Balaban J connectivity index is 1.81. The molecule has 0 amide bonds. The van der Waals surface area contributed by atoms with E-state index in [0.29, 0.717) is 6.04 Å². The molecule has 0 radical (unpaired) electrons. The minimum absolute atomic E-state index is 0.531. The van der Waals surface area contributed by atoms with Crippen molar-refractivity contribution in [3.8, 4) is 5.75 Å². The van der Waals surface area contributed by atoms with Gasteiger partial charge < -0.3 is 14.5 Å². The summed E-state index contributed by atoms with van der Waals surface area (Å²) in [5.74, 6) is 0.927. The van der Waals surface area contributed by atoms with Crippen LogP contribution in [0.5, 0.6) is 5.75 Å². The van der Waals surface area contributed by atoms with Crippen molar-refractivity contribution in [2.75, 3.05) is 32.1 Å². The van der Waals surface area contributed by atoms with Gasteiger partial charge >= 0.3 is 0 Å². The van der Waals surface area contributed by atoms with Crippen LogP contribution in [0.15, 0.2) is 52.3 Å². The molecule has 2 aromatic carbocycles. The highest BCUT2D eigenvalue weighted by Crippen LogP contribution is 2.50. The van der Waals surface area contributed by atoms with Crippen LogP contribution in [-0.2, 0) is 0 Å². The van der Waals surface area contributed by atoms with Crippen LogP contribution in [0.3, 0.4) is 0 Å². The molecule has 1 unspecified atom stereocenters. The molecule has 23 heavy (non-hydrogen) atoms. The van der Waals surface area contributed by atoms with Crippen molar-refractivity contribution in [3.05, 3.63) is 42.5 Å². The van der Waals surface area contributed by atoms with Crippen molar-refractivity contribution in [1.29, 1.82) is 0 Å². The number of hydrogen-bond donors (Lipinski definition) is 0. The second-order valence-electron chi connectivity index (χ2n) is 6.33. The van der Waals surface area contributed by atoms with Crippen LogP contribution in [0.25, 0.3) is 0 Å². The number of benzene rings is 2.